The largest absolute Gasteiger partial charge is 0.365 e. The fourth-order valence-corrected chi connectivity index (χ4v) is 4.77. The maximum Gasteiger partial charge on any atom is 0.238 e. The molecular weight excluding hydrogens is 350 g/mol. The van der Waals surface area contributed by atoms with Gasteiger partial charge in [0.25, 0.3) is 0 Å². The zero-order chi connectivity index (χ0) is 15.8. The summed E-state index contributed by atoms with van der Waals surface area (Å²) in [4.78, 5) is 26.7. The number of hydrogen-bond acceptors (Lipinski definition) is 4. The van der Waals surface area contributed by atoms with Gasteiger partial charge < -0.3 is 10.2 Å². The number of rotatable bonds is 1. The minimum Gasteiger partial charge on any atom is -0.365 e. The molecule has 1 aromatic carbocycles. The van der Waals surface area contributed by atoms with E-state index in [9.17, 15) is 19.8 Å². The highest BCUT2D eigenvalue weighted by molar-refractivity contribution is 9.10. The number of carbonyl (C=O) groups excluding carboxylic acids is 2. The molecule has 2 saturated carbocycles. The van der Waals surface area contributed by atoms with Crippen LogP contribution in [-0.4, -0.2) is 27.8 Å². The Balaban J connectivity index is 1.75. The van der Waals surface area contributed by atoms with Crippen LogP contribution in [0.3, 0.4) is 0 Å². The number of aliphatic hydroxyl groups is 2. The highest BCUT2D eigenvalue weighted by atomic mass is 79.9. The molecular formula is C16H16BrNO4. The van der Waals surface area contributed by atoms with E-state index < -0.39 is 29.5 Å². The minimum atomic E-state index is -1.87. The second-order valence-electron chi connectivity index (χ2n) is 6.57. The van der Waals surface area contributed by atoms with E-state index in [-0.39, 0.29) is 11.8 Å². The van der Waals surface area contributed by atoms with Crippen molar-refractivity contribution in [3.05, 3.63) is 28.2 Å². The summed E-state index contributed by atoms with van der Waals surface area (Å²) in [6, 6.07) is 5.35. The van der Waals surface area contributed by atoms with Crippen LogP contribution in [-0.2, 0) is 9.59 Å². The zero-order valence-corrected chi connectivity index (χ0v) is 13.6. The lowest BCUT2D eigenvalue weighted by Crippen LogP contribution is -2.42. The molecule has 0 unspecified atom stereocenters. The number of imide groups is 1. The number of halogens is 1. The third-order valence-corrected chi connectivity index (χ3v) is 6.43. The van der Waals surface area contributed by atoms with E-state index in [1.54, 1.807) is 12.1 Å². The first kappa shape index (κ1) is 14.4. The summed E-state index contributed by atoms with van der Waals surface area (Å²) >= 11 is 3.41. The number of nitrogens with zero attached hydrogens (tertiary/aromatic N) is 1. The zero-order valence-electron chi connectivity index (χ0n) is 12.0. The first-order chi connectivity index (χ1) is 10.3. The summed E-state index contributed by atoms with van der Waals surface area (Å²) in [5.41, 5.74) is 1.50. The van der Waals surface area contributed by atoms with Crippen LogP contribution in [0.1, 0.15) is 18.4 Å². The molecule has 3 aliphatic rings. The van der Waals surface area contributed by atoms with E-state index in [2.05, 4.69) is 15.9 Å². The number of aryl methyl sites for hydroxylation is 1. The molecule has 2 aliphatic carbocycles. The lowest BCUT2D eigenvalue weighted by molar-refractivity contribution is -0.199. The predicted octanol–water partition coefficient (Wildman–Crippen LogP) is 1.58. The Morgan fingerprint density at radius 2 is 1.68 bits per heavy atom. The van der Waals surface area contributed by atoms with E-state index >= 15 is 0 Å². The number of amides is 2. The van der Waals surface area contributed by atoms with Crippen molar-refractivity contribution in [2.45, 2.75) is 25.6 Å². The molecule has 2 amide bonds. The monoisotopic (exact) mass is 365 g/mol. The van der Waals surface area contributed by atoms with E-state index in [1.807, 2.05) is 13.0 Å². The summed E-state index contributed by atoms with van der Waals surface area (Å²) in [5, 5.41) is 20.4. The predicted molar refractivity (Wildman–Crippen MR) is 81.7 cm³/mol. The van der Waals surface area contributed by atoms with Crippen LogP contribution in [0.25, 0.3) is 0 Å². The van der Waals surface area contributed by atoms with E-state index in [1.165, 1.54) is 4.90 Å². The fourth-order valence-electron chi connectivity index (χ4n) is 4.53. The maximum absolute atomic E-state index is 12.7. The number of carbonyl (C=O) groups is 2. The Morgan fingerprint density at radius 3 is 2.18 bits per heavy atom. The molecule has 2 N–H and O–H groups in total. The molecule has 4 rings (SSSR count). The van der Waals surface area contributed by atoms with Crippen LogP contribution < -0.4 is 4.90 Å². The van der Waals surface area contributed by atoms with Crippen molar-refractivity contribution in [3.63, 3.8) is 0 Å². The second-order valence-corrected chi connectivity index (χ2v) is 7.42. The van der Waals surface area contributed by atoms with E-state index in [0.29, 0.717) is 18.5 Å². The summed E-state index contributed by atoms with van der Waals surface area (Å²) in [5.74, 6) is -4.70. The van der Waals surface area contributed by atoms with Gasteiger partial charge in [-0.25, -0.2) is 0 Å². The Bertz CT molecular complexity index is 669. The Labute approximate surface area is 136 Å². The van der Waals surface area contributed by atoms with Crippen molar-refractivity contribution < 1.29 is 19.8 Å². The number of anilines is 1. The van der Waals surface area contributed by atoms with Gasteiger partial charge >= 0.3 is 0 Å². The minimum absolute atomic E-state index is 0.295. The quantitative estimate of drug-likeness (QED) is 0.585. The van der Waals surface area contributed by atoms with Crippen LogP contribution in [0.15, 0.2) is 22.7 Å². The van der Waals surface area contributed by atoms with Gasteiger partial charge in [0.2, 0.25) is 11.8 Å². The lowest BCUT2D eigenvalue weighted by atomic mass is 9.81. The van der Waals surface area contributed by atoms with E-state index in [0.717, 1.165) is 10.0 Å². The van der Waals surface area contributed by atoms with Gasteiger partial charge in [-0.3, -0.25) is 14.5 Å². The van der Waals surface area contributed by atoms with Gasteiger partial charge in [0.15, 0.2) is 5.79 Å². The molecule has 116 valence electrons. The van der Waals surface area contributed by atoms with Crippen molar-refractivity contribution in [2.24, 2.45) is 23.7 Å². The number of fused-ring (bicyclic) bond motifs is 5. The van der Waals surface area contributed by atoms with Crippen LogP contribution in [0, 0.1) is 30.6 Å². The lowest BCUT2D eigenvalue weighted by Gasteiger charge is -2.25. The second kappa shape index (κ2) is 4.40. The molecule has 1 saturated heterocycles. The SMILES string of the molecule is Cc1cc(N2C(=O)[C@@H]3[C@H](C2=O)[C@H]2CC[C@H]3C2(O)O)ccc1Br. The van der Waals surface area contributed by atoms with Crippen molar-refractivity contribution in [2.75, 3.05) is 4.90 Å². The summed E-state index contributed by atoms with van der Waals surface area (Å²) in [6.07, 6.45) is 1.18. The molecule has 0 aromatic heterocycles. The molecule has 1 heterocycles. The molecule has 3 fully saturated rings. The molecule has 6 heteroatoms. The Morgan fingerprint density at radius 1 is 1.14 bits per heavy atom. The third-order valence-electron chi connectivity index (χ3n) is 5.54. The van der Waals surface area contributed by atoms with Gasteiger partial charge in [-0.15, -0.1) is 0 Å². The Kier molecular flexibility index (Phi) is 2.87. The van der Waals surface area contributed by atoms with Crippen LogP contribution in [0.5, 0.6) is 0 Å². The van der Waals surface area contributed by atoms with Crippen LogP contribution in [0.4, 0.5) is 5.69 Å². The first-order valence-corrected chi connectivity index (χ1v) is 8.22. The Hall–Kier alpha value is -1.24. The van der Waals surface area contributed by atoms with Gasteiger partial charge in [-0.05, 0) is 43.5 Å². The first-order valence-electron chi connectivity index (χ1n) is 7.42. The molecule has 4 atom stereocenters. The third kappa shape index (κ3) is 1.60. The molecule has 0 radical (unpaired) electrons. The van der Waals surface area contributed by atoms with Gasteiger partial charge in [0.05, 0.1) is 17.5 Å². The van der Waals surface area contributed by atoms with Crippen molar-refractivity contribution in [1.29, 1.82) is 0 Å². The van der Waals surface area contributed by atoms with Gasteiger partial charge in [0.1, 0.15) is 0 Å². The molecule has 1 aromatic rings. The smallest absolute Gasteiger partial charge is 0.238 e. The summed E-state index contributed by atoms with van der Waals surface area (Å²) in [6.45, 7) is 1.90. The topological polar surface area (TPSA) is 77.8 Å². The number of hydrogen-bond donors (Lipinski definition) is 2. The van der Waals surface area contributed by atoms with Crippen LogP contribution >= 0.6 is 15.9 Å². The van der Waals surface area contributed by atoms with Gasteiger partial charge in [-0.2, -0.15) is 0 Å². The molecule has 2 bridgehead atoms. The summed E-state index contributed by atoms with van der Waals surface area (Å²) in [7, 11) is 0. The fraction of sp³-hybridized carbons (Fsp3) is 0.500. The average Bonchev–Trinajstić information content (AvgIpc) is 2.98. The van der Waals surface area contributed by atoms with Gasteiger partial charge in [0, 0.05) is 16.3 Å². The highest BCUT2D eigenvalue weighted by Crippen LogP contribution is 2.60. The number of benzene rings is 1. The normalized spacial score (nSPS) is 35.4. The van der Waals surface area contributed by atoms with Crippen LogP contribution in [0.2, 0.25) is 0 Å². The standard InChI is InChI=1S/C16H16BrNO4/c1-7-6-8(2-5-11(7)17)18-14(19)12-9-3-4-10(16(9,21)22)13(12)15(18)20/h2,5-6,9-10,12-13,21-22H,3-4H2,1H3/t9-,10-,12-,13+/m1/s1. The van der Waals surface area contributed by atoms with Crippen molar-refractivity contribution in [1.82, 2.24) is 0 Å². The molecule has 1 aliphatic heterocycles. The average molecular weight is 366 g/mol. The van der Waals surface area contributed by atoms with Gasteiger partial charge in [-0.1, -0.05) is 15.9 Å². The maximum atomic E-state index is 12.7. The summed E-state index contributed by atoms with van der Waals surface area (Å²) < 4.78 is 0.917. The molecule has 0 spiro atoms. The van der Waals surface area contributed by atoms with E-state index in [4.69, 9.17) is 0 Å². The highest BCUT2D eigenvalue weighted by Gasteiger charge is 2.71. The molecule has 5 nitrogen and oxygen atoms in total. The van der Waals surface area contributed by atoms with Crippen molar-refractivity contribution in [3.8, 4) is 0 Å². The molecule has 22 heavy (non-hydrogen) atoms. The van der Waals surface area contributed by atoms with Crippen molar-refractivity contribution >= 4 is 33.4 Å².